The standard InChI is InChI=1S/C6H6I2/c7-5-3-1-4(2-3)6(5)8/h3-4H,1-2H2. The maximum atomic E-state index is 2.50. The average Bonchev–Trinajstić information content (AvgIpc) is 1.89. The summed E-state index contributed by atoms with van der Waals surface area (Å²) >= 11 is 5.00. The van der Waals surface area contributed by atoms with Crippen molar-refractivity contribution >= 4 is 45.2 Å². The lowest BCUT2D eigenvalue weighted by Gasteiger charge is -2.23. The molecule has 0 heterocycles. The van der Waals surface area contributed by atoms with E-state index in [4.69, 9.17) is 0 Å². The third-order valence-corrected chi connectivity index (χ3v) is 6.04. The molecule has 0 atom stereocenters. The fraction of sp³-hybridized carbons (Fsp3) is 0.667. The maximum Gasteiger partial charge on any atom is 0.00328 e. The lowest BCUT2D eigenvalue weighted by Crippen LogP contribution is -2.13. The predicted molar refractivity (Wildman–Crippen MR) is 51.3 cm³/mol. The fourth-order valence-electron chi connectivity index (χ4n) is 1.42. The Hall–Kier alpha value is 1.20. The number of halogens is 2. The highest BCUT2D eigenvalue weighted by atomic mass is 127. The molecular weight excluding hydrogens is 326 g/mol. The molecule has 0 nitrogen and oxygen atoms in total. The minimum absolute atomic E-state index is 0.993. The van der Waals surface area contributed by atoms with Crippen molar-refractivity contribution in [2.75, 3.05) is 0 Å². The second-order valence-corrected chi connectivity index (χ2v) is 4.89. The summed E-state index contributed by atoms with van der Waals surface area (Å²) in [6, 6.07) is 0. The van der Waals surface area contributed by atoms with Crippen molar-refractivity contribution in [3.8, 4) is 0 Å². The molecule has 2 heteroatoms. The van der Waals surface area contributed by atoms with Crippen LogP contribution >= 0.6 is 45.2 Å². The van der Waals surface area contributed by atoms with Crippen molar-refractivity contribution in [2.45, 2.75) is 12.8 Å². The van der Waals surface area contributed by atoms with Gasteiger partial charge in [0.1, 0.15) is 0 Å². The van der Waals surface area contributed by atoms with Crippen molar-refractivity contribution in [2.24, 2.45) is 11.8 Å². The van der Waals surface area contributed by atoms with Crippen LogP contribution in [0.15, 0.2) is 7.16 Å². The molecule has 0 aliphatic heterocycles. The lowest BCUT2D eigenvalue weighted by atomic mass is 9.83. The van der Waals surface area contributed by atoms with Crippen LogP contribution in [0.25, 0.3) is 0 Å². The van der Waals surface area contributed by atoms with E-state index >= 15 is 0 Å². The molecule has 0 radical (unpaired) electrons. The summed E-state index contributed by atoms with van der Waals surface area (Å²) in [5.41, 5.74) is 0. The van der Waals surface area contributed by atoms with E-state index in [1.165, 1.54) is 12.8 Å². The van der Waals surface area contributed by atoms with Crippen LogP contribution in [-0.4, -0.2) is 0 Å². The minimum Gasteiger partial charge on any atom is -0.0480 e. The molecule has 44 valence electrons. The van der Waals surface area contributed by atoms with E-state index in [2.05, 4.69) is 45.2 Å². The van der Waals surface area contributed by atoms with Crippen molar-refractivity contribution < 1.29 is 0 Å². The molecule has 1 saturated carbocycles. The summed E-state index contributed by atoms with van der Waals surface area (Å²) < 4.78 is 3.32. The molecule has 3 aliphatic carbocycles. The van der Waals surface area contributed by atoms with Crippen molar-refractivity contribution in [1.82, 2.24) is 0 Å². The Kier molecular flexibility index (Phi) is 1.37. The number of hydrogen-bond acceptors (Lipinski definition) is 0. The van der Waals surface area contributed by atoms with Gasteiger partial charge >= 0.3 is 0 Å². The highest BCUT2D eigenvalue weighted by Crippen LogP contribution is 2.57. The molecule has 0 aromatic heterocycles. The first kappa shape index (κ1) is 5.95. The van der Waals surface area contributed by atoms with Crippen LogP contribution in [0.1, 0.15) is 12.8 Å². The van der Waals surface area contributed by atoms with Gasteiger partial charge in [-0.3, -0.25) is 0 Å². The Balaban J connectivity index is 2.36. The zero-order valence-corrected chi connectivity index (χ0v) is 8.64. The highest BCUT2D eigenvalue weighted by molar-refractivity contribution is 14.1. The first-order valence-electron chi connectivity index (χ1n) is 2.84. The van der Waals surface area contributed by atoms with Crippen LogP contribution in [0.2, 0.25) is 0 Å². The Morgan fingerprint density at radius 2 is 1.38 bits per heavy atom. The monoisotopic (exact) mass is 332 g/mol. The maximum absolute atomic E-state index is 2.50. The smallest absolute Gasteiger partial charge is 0.00328 e. The molecular formula is C6H6I2. The molecule has 0 spiro atoms. The Labute approximate surface area is 76.4 Å². The second-order valence-electron chi connectivity index (χ2n) is 2.56. The minimum atomic E-state index is 0.993. The van der Waals surface area contributed by atoms with Gasteiger partial charge in [0.2, 0.25) is 0 Å². The van der Waals surface area contributed by atoms with Gasteiger partial charge in [-0.25, -0.2) is 0 Å². The summed E-state index contributed by atoms with van der Waals surface area (Å²) in [6.45, 7) is 0. The molecule has 0 unspecified atom stereocenters. The second kappa shape index (κ2) is 1.84. The summed E-state index contributed by atoms with van der Waals surface area (Å²) in [5.74, 6) is 1.99. The Bertz CT molecular complexity index is 138. The molecule has 0 aromatic carbocycles. The summed E-state index contributed by atoms with van der Waals surface area (Å²) in [4.78, 5) is 0. The van der Waals surface area contributed by atoms with Gasteiger partial charge in [-0.2, -0.15) is 0 Å². The largest absolute Gasteiger partial charge is 0.0480 e. The molecule has 0 N–H and O–H groups in total. The van der Waals surface area contributed by atoms with Crippen LogP contribution in [-0.2, 0) is 0 Å². The fourth-order valence-corrected chi connectivity index (χ4v) is 3.32. The van der Waals surface area contributed by atoms with Crippen LogP contribution < -0.4 is 0 Å². The van der Waals surface area contributed by atoms with Crippen LogP contribution in [0.3, 0.4) is 0 Å². The zero-order valence-electron chi connectivity index (χ0n) is 4.32. The van der Waals surface area contributed by atoms with E-state index in [9.17, 15) is 0 Å². The first-order chi connectivity index (χ1) is 3.79. The first-order valence-corrected chi connectivity index (χ1v) is 5.00. The predicted octanol–water partition coefficient (Wildman–Crippen LogP) is 3.11. The number of hydrogen-bond donors (Lipinski definition) is 0. The van der Waals surface area contributed by atoms with Gasteiger partial charge in [-0.05, 0) is 69.9 Å². The van der Waals surface area contributed by atoms with Gasteiger partial charge in [0.15, 0.2) is 0 Å². The van der Waals surface area contributed by atoms with Gasteiger partial charge in [0.05, 0.1) is 0 Å². The zero-order chi connectivity index (χ0) is 5.72. The molecule has 2 bridgehead atoms. The lowest BCUT2D eigenvalue weighted by molar-refractivity contribution is 0.331. The molecule has 0 aromatic rings. The van der Waals surface area contributed by atoms with E-state index < -0.39 is 0 Å². The van der Waals surface area contributed by atoms with Crippen LogP contribution in [0.4, 0.5) is 0 Å². The van der Waals surface area contributed by atoms with Gasteiger partial charge in [-0.1, -0.05) is 0 Å². The van der Waals surface area contributed by atoms with Gasteiger partial charge < -0.3 is 0 Å². The Morgan fingerprint density at radius 1 is 1.00 bits per heavy atom. The van der Waals surface area contributed by atoms with Crippen molar-refractivity contribution in [1.29, 1.82) is 0 Å². The number of rotatable bonds is 0. The van der Waals surface area contributed by atoms with Crippen LogP contribution in [0.5, 0.6) is 0 Å². The van der Waals surface area contributed by atoms with E-state index in [1.54, 1.807) is 7.16 Å². The normalized spacial score (nSPS) is 42.8. The van der Waals surface area contributed by atoms with Gasteiger partial charge in [-0.15, -0.1) is 0 Å². The summed E-state index contributed by atoms with van der Waals surface area (Å²) in [5, 5.41) is 0. The van der Waals surface area contributed by atoms with Crippen molar-refractivity contribution in [3.05, 3.63) is 7.16 Å². The highest BCUT2D eigenvalue weighted by Gasteiger charge is 2.41. The molecule has 0 amide bonds. The number of allylic oxidation sites excluding steroid dienone is 2. The quantitative estimate of drug-likeness (QED) is 0.598. The average molecular weight is 332 g/mol. The molecule has 0 saturated heterocycles. The third kappa shape index (κ3) is 0.616. The summed E-state index contributed by atoms with van der Waals surface area (Å²) in [6.07, 6.45) is 2.94. The molecule has 3 rings (SSSR count). The van der Waals surface area contributed by atoms with Crippen LogP contribution in [0, 0.1) is 11.8 Å². The molecule has 8 heavy (non-hydrogen) atoms. The topological polar surface area (TPSA) is 0 Å². The molecule has 1 fully saturated rings. The van der Waals surface area contributed by atoms with E-state index in [1.807, 2.05) is 0 Å². The summed E-state index contributed by atoms with van der Waals surface area (Å²) in [7, 11) is 0. The van der Waals surface area contributed by atoms with E-state index in [0.717, 1.165) is 11.8 Å². The Morgan fingerprint density at radius 3 is 1.50 bits per heavy atom. The van der Waals surface area contributed by atoms with Gasteiger partial charge in [0.25, 0.3) is 0 Å². The molecule has 3 aliphatic rings. The SMILES string of the molecule is IC1=C(I)C2CC1C2. The van der Waals surface area contributed by atoms with E-state index in [0.29, 0.717) is 0 Å². The van der Waals surface area contributed by atoms with Gasteiger partial charge in [0, 0.05) is 7.16 Å². The third-order valence-electron chi connectivity index (χ3n) is 2.08. The van der Waals surface area contributed by atoms with Crippen molar-refractivity contribution in [3.63, 3.8) is 0 Å². The van der Waals surface area contributed by atoms with E-state index in [-0.39, 0.29) is 0 Å².